The Kier molecular flexibility index (Phi) is 3.00. The van der Waals surface area contributed by atoms with Crippen LogP contribution in [0, 0.1) is 0 Å². The van der Waals surface area contributed by atoms with E-state index in [1.165, 1.54) is 0 Å². The molecule has 0 aromatic heterocycles. The molecule has 0 radical (unpaired) electrons. The van der Waals surface area contributed by atoms with Gasteiger partial charge in [-0.05, 0) is 24.6 Å². The quantitative estimate of drug-likeness (QED) is 0.615. The Morgan fingerprint density at radius 2 is 2.25 bits per heavy atom. The summed E-state index contributed by atoms with van der Waals surface area (Å²) >= 11 is 4.17. The smallest absolute Gasteiger partial charge is 0.120 e. The van der Waals surface area contributed by atoms with Crippen LogP contribution in [0.4, 0.5) is 0 Å². The Balaban J connectivity index is 3.04. The Morgan fingerprint density at radius 1 is 1.58 bits per heavy atom. The van der Waals surface area contributed by atoms with Gasteiger partial charge in [-0.15, -0.1) is 12.6 Å². The van der Waals surface area contributed by atoms with Crippen LogP contribution in [0.2, 0.25) is 0 Å². The molecule has 3 N–H and O–H groups in total. The zero-order chi connectivity index (χ0) is 9.14. The minimum Gasteiger partial charge on any atom is -0.508 e. The third kappa shape index (κ3) is 1.93. The first-order valence-electron chi connectivity index (χ1n) is 3.92. The van der Waals surface area contributed by atoms with Crippen molar-refractivity contribution in [1.82, 2.24) is 0 Å². The molecule has 2 nitrogen and oxygen atoms in total. The van der Waals surface area contributed by atoms with Gasteiger partial charge in [0.2, 0.25) is 0 Å². The fourth-order valence-electron chi connectivity index (χ4n) is 1.06. The van der Waals surface area contributed by atoms with Crippen LogP contribution < -0.4 is 5.73 Å². The Morgan fingerprint density at radius 3 is 2.83 bits per heavy atom. The SMILES string of the molecule is CCC(N)c1cc(S)ccc1O. The van der Waals surface area contributed by atoms with Gasteiger partial charge in [0, 0.05) is 16.5 Å². The van der Waals surface area contributed by atoms with Crippen molar-refractivity contribution in [3.05, 3.63) is 23.8 Å². The number of aromatic hydroxyl groups is 1. The van der Waals surface area contributed by atoms with E-state index in [2.05, 4.69) is 12.6 Å². The van der Waals surface area contributed by atoms with E-state index < -0.39 is 0 Å². The lowest BCUT2D eigenvalue weighted by molar-refractivity contribution is 0.459. The zero-order valence-electron chi connectivity index (χ0n) is 6.99. The second-order valence-corrected chi connectivity index (χ2v) is 3.27. The highest BCUT2D eigenvalue weighted by Gasteiger charge is 2.08. The van der Waals surface area contributed by atoms with E-state index in [1.54, 1.807) is 18.2 Å². The first-order valence-corrected chi connectivity index (χ1v) is 4.37. The summed E-state index contributed by atoms with van der Waals surface area (Å²) in [5, 5.41) is 9.42. The van der Waals surface area contributed by atoms with E-state index >= 15 is 0 Å². The standard InChI is InChI=1S/C9H13NOS/c1-2-8(10)7-5-6(12)3-4-9(7)11/h3-5,8,11-12H,2,10H2,1H3. The van der Waals surface area contributed by atoms with Crippen LogP contribution in [0.15, 0.2) is 23.1 Å². The van der Waals surface area contributed by atoms with E-state index in [1.807, 2.05) is 6.92 Å². The third-order valence-corrected chi connectivity index (χ3v) is 2.13. The topological polar surface area (TPSA) is 46.2 Å². The molecule has 0 saturated carbocycles. The predicted molar refractivity (Wildman–Crippen MR) is 52.6 cm³/mol. The number of rotatable bonds is 2. The number of hydrogen-bond acceptors (Lipinski definition) is 3. The molecule has 0 aliphatic carbocycles. The van der Waals surface area contributed by atoms with Crippen molar-refractivity contribution in [2.24, 2.45) is 5.73 Å². The van der Waals surface area contributed by atoms with Crippen molar-refractivity contribution in [1.29, 1.82) is 0 Å². The lowest BCUT2D eigenvalue weighted by atomic mass is 10.0. The van der Waals surface area contributed by atoms with Crippen LogP contribution in [0.25, 0.3) is 0 Å². The van der Waals surface area contributed by atoms with Crippen LogP contribution in [-0.4, -0.2) is 5.11 Å². The summed E-state index contributed by atoms with van der Waals surface area (Å²) in [6.07, 6.45) is 0.810. The molecule has 1 aromatic carbocycles. The molecule has 1 unspecified atom stereocenters. The Hall–Kier alpha value is -0.670. The first kappa shape index (κ1) is 9.42. The molecule has 0 fully saturated rings. The molecule has 0 aliphatic rings. The van der Waals surface area contributed by atoms with E-state index in [4.69, 9.17) is 5.73 Å². The number of benzene rings is 1. The van der Waals surface area contributed by atoms with Gasteiger partial charge >= 0.3 is 0 Å². The summed E-state index contributed by atoms with van der Waals surface area (Å²) in [5.74, 6) is 0.252. The maximum atomic E-state index is 9.42. The summed E-state index contributed by atoms with van der Waals surface area (Å²) in [4.78, 5) is 0.826. The minimum absolute atomic E-state index is 0.0999. The molecule has 0 heterocycles. The second kappa shape index (κ2) is 3.83. The van der Waals surface area contributed by atoms with Crippen molar-refractivity contribution >= 4 is 12.6 Å². The second-order valence-electron chi connectivity index (χ2n) is 2.76. The zero-order valence-corrected chi connectivity index (χ0v) is 7.88. The molecule has 1 atom stereocenters. The van der Waals surface area contributed by atoms with E-state index in [-0.39, 0.29) is 11.8 Å². The molecule has 12 heavy (non-hydrogen) atoms. The molecule has 0 aliphatic heterocycles. The van der Waals surface area contributed by atoms with Crippen molar-refractivity contribution < 1.29 is 5.11 Å². The van der Waals surface area contributed by atoms with Gasteiger partial charge in [-0.1, -0.05) is 6.92 Å². The van der Waals surface area contributed by atoms with Crippen LogP contribution in [0.3, 0.4) is 0 Å². The maximum Gasteiger partial charge on any atom is 0.120 e. The van der Waals surface area contributed by atoms with Crippen LogP contribution >= 0.6 is 12.6 Å². The van der Waals surface area contributed by atoms with Gasteiger partial charge in [-0.2, -0.15) is 0 Å². The Labute approximate surface area is 77.8 Å². The fourth-order valence-corrected chi connectivity index (χ4v) is 1.27. The first-order chi connectivity index (χ1) is 5.65. The molecule has 0 saturated heterocycles. The molecule has 0 spiro atoms. The fraction of sp³-hybridized carbons (Fsp3) is 0.333. The Bertz CT molecular complexity index is 275. The normalized spacial score (nSPS) is 12.9. The monoisotopic (exact) mass is 183 g/mol. The van der Waals surface area contributed by atoms with E-state index in [9.17, 15) is 5.11 Å². The number of nitrogens with two attached hydrogens (primary N) is 1. The molecule has 0 amide bonds. The van der Waals surface area contributed by atoms with E-state index in [0.717, 1.165) is 16.9 Å². The average Bonchev–Trinajstić information content (AvgIpc) is 2.08. The van der Waals surface area contributed by atoms with Crippen LogP contribution in [0.1, 0.15) is 24.9 Å². The number of hydrogen-bond donors (Lipinski definition) is 3. The highest BCUT2D eigenvalue weighted by molar-refractivity contribution is 7.80. The predicted octanol–water partition coefficient (Wildman–Crippen LogP) is 2.09. The summed E-state index contributed by atoms with van der Waals surface area (Å²) in [6, 6.07) is 5.06. The molecule has 1 rings (SSSR count). The van der Waals surface area contributed by atoms with Gasteiger partial charge in [0.05, 0.1) is 0 Å². The molecule has 66 valence electrons. The lowest BCUT2D eigenvalue weighted by Crippen LogP contribution is -2.08. The van der Waals surface area contributed by atoms with Crippen LogP contribution in [0.5, 0.6) is 5.75 Å². The summed E-state index contributed by atoms with van der Waals surface area (Å²) < 4.78 is 0. The van der Waals surface area contributed by atoms with Crippen molar-refractivity contribution in [2.45, 2.75) is 24.3 Å². The summed E-state index contributed by atoms with van der Waals surface area (Å²) in [7, 11) is 0. The van der Waals surface area contributed by atoms with Gasteiger partial charge in [0.1, 0.15) is 5.75 Å². The number of thiol groups is 1. The van der Waals surface area contributed by atoms with E-state index in [0.29, 0.717) is 0 Å². The molecule has 0 bridgehead atoms. The molecular formula is C9H13NOS. The molecule has 1 aromatic rings. The summed E-state index contributed by atoms with van der Waals surface area (Å²) in [5.41, 5.74) is 6.54. The summed E-state index contributed by atoms with van der Waals surface area (Å²) in [6.45, 7) is 1.98. The third-order valence-electron chi connectivity index (χ3n) is 1.85. The molecule has 3 heteroatoms. The average molecular weight is 183 g/mol. The van der Waals surface area contributed by atoms with Gasteiger partial charge < -0.3 is 10.8 Å². The number of phenolic OH excluding ortho intramolecular Hbond substituents is 1. The van der Waals surface area contributed by atoms with Gasteiger partial charge in [0.15, 0.2) is 0 Å². The largest absolute Gasteiger partial charge is 0.508 e. The lowest BCUT2D eigenvalue weighted by Gasteiger charge is -2.11. The van der Waals surface area contributed by atoms with Crippen molar-refractivity contribution in [2.75, 3.05) is 0 Å². The van der Waals surface area contributed by atoms with Crippen LogP contribution in [-0.2, 0) is 0 Å². The van der Waals surface area contributed by atoms with Gasteiger partial charge in [-0.3, -0.25) is 0 Å². The number of phenols is 1. The molecular weight excluding hydrogens is 170 g/mol. The van der Waals surface area contributed by atoms with Gasteiger partial charge in [-0.25, -0.2) is 0 Å². The van der Waals surface area contributed by atoms with Crippen molar-refractivity contribution in [3.63, 3.8) is 0 Å². The van der Waals surface area contributed by atoms with Crippen molar-refractivity contribution in [3.8, 4) is 5.75 Å². The van der Waals surface area contributed by atoms with Gasteiger partial charge in [0.25, 0.3) is 0 Å². The highest BCUT2D eigenvalue weighted by Crippen LogP contribution is 2.26. The highest BCUT2D eigenvalue weighted by atomic mass is 32.1. The maximum absolute atomic E-state index is 9.42. The minimum atomic E-state index is -0.0999.